The van der Waals surface area contributed by atoms with E-state index in [9.17, 15) is 0 Å². The minimum Gasteiger partial charge on any atom is -0.340 e. The lowest BCUT2D eigenvalue weighted by Crippen LogP contribution is -2.31. The summed E-state index contributed by atoms with van der Waals surface area (Å²) in [5.74, 6) is 0.931. The Morgan fingerprint density at radius 3 is 2.90 bits per heavy atom. The highest BCUT2D eigenvalue weighted by atomic mass is 35.5. The fourth-order valence-corrected chi connectivity index (χ4v) is 3.12. The van der Waals surface area contributed by atoms with Crippen molar-refractivity contribution in [3.8, 4) is 0 Å². The molecule has 3 aromatic rings. The molecule has 2 aromatic carbocycles. The minimum atomic E-state index is 0.114. The van der Waals surface area contributed by atoms with Crippen molar-refractivity contribution in [1.82, 2.24) is 15.3 Å². The summed E-state index contributed by atoms with van der Waals surface area (Å²) in [6.45, 7) is 0.965. The Hall–Kier alpha value is -1.84. The fourth-order valence-electron chi connectivity index (χ4n) is 2.90. The number of imidazole rings is 1. The molecule has 1 atom stereocenters. The van der Waals surface area contributed by atoms with Crippen LogP contribution in [0.15, 0.2) is 42.5 Å². The number of aromatic nitrogens is 2. The molecule has 4 heteroatoms. The van der Waals surface area contributed by atoms with E-state index in [4.69, 9.17) is 11.6 Å². The van der Waals surface area contributed by atoms with Gasteiger partial charge in [-0.1, -0.05) is 41.9 Å². The first-order valence-electron chi connectivity index (χ1n) is 6.78. The number of benzene rings is 2. The molecule has 3 nitrogen and oxygen atoms in total. The van der Waals surface area contributed by atoms with E-state index >= 15 is 0 Å². The van der Waals surface area contributed by atoms with Crippen molar-refractivity contribution in [2.24, 2.45) is 0 Å². The number of nitrogens with zero attached hydrogens (tertiary/aromatic N) is 1. The predicted octanol–water partition coefficient (Wildman–Crippen LogP) is 3.45. The molecule has 1 unspecified atom stereocenters. The predicted molar refractivity (Wildman–Crippen MR) is 81.1 cm³/mol. The largest absolute Gasteiger partial charge is 0.340 e. The maximum Gasteiger partial charge on any atom is 0.129 e. The maximum absolute atomic E-state index is 6.21. The topological polar surface area (TPSA) is 40.7 Å². The van der Waals surface area contributed by atoms with Crippen LogP contribution >= 0.6 is 11.6 Å². The molecule has 0 amide bonds. The molecule has 1 aliphatic rings. The third kappa shape index (κ3) is 1.82. The zero-order valence-electron chi connectivity index (χ0n) is 10.9. The van der Waals surface area contributed by atoms with Gasteiger partial charge in [-0.15, -0.1) is 0 Å². The van der Waals surface area contributed by atoms with Crippen molar-refractivity contribution in [2.75, 3.05) is 6.54 Å². The number of fused-ring (bicyclic) bond motifs is 2. The summed E-state index contributed by atoms with van der Waals surface area (Å²) in [6.07, 6.45) is 1.06. The van der Waals surface area contributed by atoms with Crippen LogP contribution in [0.5, 0.6) is 0 Å². The molecule has 0 saturated heterocycles. The number of rotatable bonds is 1. The van der Waals surface area contributed by atoms with Crippen molar-refractivity contribution < 1.29 is 0 Å². The SMILES string of the molecule is Clc1cccc2[nH]c(C3NCCc4ccccc43)nc12. The maximum atomic E-state index is 6.21. The summed E-state index contributed by atoms with van der Waals surface area (Å²) in [5, 5.41) is 4.22. The summed E-state index contributed by atoms with van der Waals surface area (Å²) in [4.78, 5) is 8.07. The van der Waals surface area contributed by atoms with Crippen molar-refractivity contribution in [3.63, 3.8) is 0 Å². The lowest BCUT2D eigenvalue weighted by molar-refractivity contribution is 0.549. The van der Waals surface area contributed by atoms with E-state index in [1.165, 1.54) is 11.1 Å². The molecule has 100 valence electrons. The van der Waals surface area contributed by atoms with E-state index in [1.54, 1.807) is 0 Å². The molecule has 0 saturated carbocycles. The van der Waals surface area contributed by atoms with Crippen LogP contribution in [-0.2, 0) is 6.42 Å². The standard InChI is InChI=1S/C16H14ClN3/c17-12-6-3-7-13-15(12)20-16(19-13)14-11-5-2-1-4-10(11)8-9-18-14/h1-7,14,18H,8-9H2,(H,19,20). The van der Waals surface area contributed by atoms with Crippen LogP contribution in [0.2, 0.25) is 5.02 Å². The molecule has 20 heavy (non-hydrogen) atoms. The fraction of sp³-hybridized carbons (Fsp3) is 0.188. The van der Waals surface area contributed by atoms with E-state index in [0.29, 0.717) is 5.02 Å². The van der Waals surface area contributed by atoms with Crippen LogP contribution in [0, 0.1) is 0 Å². The highest BCUT2D eigenvalue weighted by molar-refractivity contribution is 6.34. The zero-order chi connectivity index (χ0) is 13.5. The van der Waals surface area contributed by atoms with Crippen molar-refractivity contribution >= 4 is 22.6 Å². The molecule has 1 aliphatic heterocycles. The van der Waals surface area contributed by atoms with Gasteiger partial charge >= 0.3 is 0 Å². The summed E-state index contributed by atoms with van der Waals surface area (Å²) >= 11 is 6.21. The lowest BCUT2D eigenvalue weighted by atomic mass is 9.94. The van der Waals surface area contributed by atoms with Gasteiger partial charge in [-0.2, -0.15) is 0 Å². The van der Waals surface area contributed by atoms with Crippen LogP contribution < -0.4 is 5.32 Å². The number of aromatic amines is 1. The van der Waals surface area contributed by atoms with Gasteiger partial charge in [0.1, 0.15) is 11.3 Å². The second-order valence-corrected chi connectivity index (χ2v) is 5.50. The number of hydrogen-bond acceptors (Lipinski definition) is 2. The molecule has 0 bridgehead atoms. The van der Waals surface area contributed by atoms with Crippen LogP contribution in [-0.4, -0.2) is 16.5 Å². The zero-order valence-corrected chi connectivity index (χ0v) is 11.6. The normalized spacial score (nSPS) is 18.1. The van der Waals surface area contributed by atoms with Crippen LogP contribution in [0.3, 0.4) is 0 Å². The summed E-state index contributed by atoms with van der Waals surface area (Å²) < 4.78 is 0. The summed E-state index contributed by atoms with van der Waals surface area (Å²) in [5.41, 5.74) is 4.52. The Morgan fingerprint density at radius 2 is 2.00 bits per heavy atom. The first-order valence-corrected chi connectivity index (χ1v) is 7.16. The van der Waals surface area contributed by atoms with Gasteiger partial charge in [0.2, 0.25) is 0 Å². The number of H-pyrrole nitrogens is 1. The molecule has 1 aromatic heterocycles. The van der Waals surface area contributed by atoms with Gasteiger partial charge < -0.3 is 10.3 Å². The molecule has 2 heterocycles. The van der Waals surface area contributed by atoms with Crippen molar-refractivity contribution in [3.05, 3.63) is 64.4 Å². The molecular formula is C16H14ClN3. The van der Waals surface area contributed by atoms with Gasteiger partial charge in [-0.3, -0.25) is 0 Å². The van der Waals surface area contributed by atoms with Crippen LogP contribution in [0.1, 0.15) is 23.0 Å². The molecular weight excluding hydrogens is 270 g/mol. The van der Waals surface area contributed by atoms with Crippen molar-refractivity contribution in [1.29, 1.82) is 0 Å². The number of hydrogen-bond donors (Lipinski definition) is 2. The number of para-hydroxylation sites is 1. The Kier molecular flexibility index (Phi) is 2.76. The van der Waals surface area contributed by atoms with Gasteiger partial charge in [0.15, 0.2) is 0 Å². The second kappa shape index (κ2) is 4.62. The molecule has 0 radical (unpaired) electrons. The Bertz CT molecular complexity index is 778. The molecule has 0 spiro atoms. The summed E-state index contributed by atoms with van der Waals surface area (Å²) in [6, 6.07) is 14.5. The average Bonchev–Trinajstić information content (AvgIpc) is 2.92. The Morgan fingerprint density at radius 1 is 1.10 bits per heavy atom. The van der Waals surface area contributed by atoms with Crippen molar-refractivity contribution in [2.45, 2.75) is 12.5 Å². The monoisotopic (exact) mass is 283 g/mol. The van der Waals surface area contributed by atoms with Gasteiger partial charge in [0, 0.05) is 6.54 Å². The van der Waals surface area contributed by atoms with E-state index in [-0.39, 0.29) is 6.04 Å². The van der Waals surface area contributed by atoms with Gasteiger partial charge in [0.25, 0.3) is 0 Å². The third-order valence-electron chi connectivity index (χ3n) is 3.86. The van der Waals surface area contributed by atoms with Gasteiger partial charge in [0.05, 0.1) is 16.6 Å². The van der Waals surface area contributed by atoms with Gasteiger partial charge in [-0.25, -0.2) is 4.98 Å². The van der Waals surface area contributed by atoms with E-state index in [2.05, 4.69) is 39.6 Å². The van der Waals surface area contributed by atoms with Gasteiger partial charge in [-0.05, 0) is 29.7 Å². The minimum absolute atomic E-state index is 0.114. The third-order valence-corrected chi connectivity index (χ3v) is 4.17. The first kappa shape index (κ1) is 11.9. The molecule has 0 fully saturated rings. The second-order valence-electron chi connectivity index (χ2n) is 5.09. The Balaban J connectivity index is 1.86. The Labute approximate surface area is 122 Å². The molecule has 0 aliphatic carbocycles. The van der Waals surface area contributed by atoms with E-state index in [0.717, 1.165) is 29.8 Å². The highest BCUT2D eigenvalue weighted by Gasteiger charge is 2.23. The average molecular weight is 284 g/mol. The van der Waals surface area contributed by atoms with E-state index < -0.39 is 0 Å². The van der Waals surface area contributed by atoms with E-state index in [1.807, 2.05) is 18.2 Å². The van der Waals surface area contributed by atoms with Crippen LogP contribution in [0.4, 0.5) is 0 Å². The quantitative estimate of drug-likeness (QED) is 0.718. The molecule has 2 N–H and O–H groups in total. The molecule has 4 rings (SSSR count). The van der Waals surface area contributed by atoms with Crippen LogP contribution in [0.25, 0.3) is 11.0 Å². The lowest BCUT2D eigenvalue weighted by Gasteiger charge is -2.25. The number of halogens is 1. The number of nitrogens with one attached hydrogen (secondary N) is 2. The summed E-state index contributed by atoms with van der Waals surface area (Å²) in [7, 11) is 0. The first-order chi connectivity index (χ1) is 9.83. The highest BCUT2D eigenvalue weighted by Crippen LogP contribution is 2.29. The smallest absolute Gasteiger partial charge is 0.129 e.